The van der Waals surface area contributed by atoms with Gasteiger partial charge in [0, 0.05) is 23.7 Å². The molecule has 0 aliphatic rings. The van der Waals surface area contributed by atoms with Gasteiger partial charge < -0.3 is 11.1 Å². The summed E-state index contributed by atoms with van der Waals surface area (Å²) in [5.41, 5.74) is 7.22. The van der Waals surface area contributed by atoms with Crippen molar-refractivity contribution in [3.8, 4) is 0 Å². The summed E-state index contributed by atoms with van der Waals surface area (Å²) in [6, 6.07) is 5.49. The zero-order chi connectivity index (χ0) is 11.1. The second-order valence-corrected chi connectivity index (χ2v) is 4.59. The summed E-state index contributed by atoms with van der Waals surface area (Å²) in [5, 5.41) is 3.93. The molecule has 4 heteroatoms. The highest BCUT2D eigenvalue weighted by atomic mass is 35.5. The third-order valence-electron chi connectivity index (χ3n) is 1.79. The van der Waals surface area contributed by atoms with Crippen LogP contribution < -0.4 is 11.1 Å². The van der Waals surface area contributed by atoms with E-state index in [1.165, 1.54) is 0 Å². The van der Waals surface area contributed by atoms with Gasteiger partial charge in [-0.2, -0.15) is 11.8 Å². The molecule has 0 bridgehead atoms. The molecule has 0 aromatic heterocycles. The van der Waals surface area contributed by atoms with Gasteiger partial charge >= 0.3 is 0 Å². The number of hydrogen-bond acceptors (Lipinski definition) is 3. The average Bonchev–Trinajstić information content (AvgIpc) is 2.20. The van der Waals surface area contributed by atoms with Crippen molar-refractivity contribution >= 4 is 34.7 Å². The Morgan fingerprint density at radius 3 is 3.00 bits per heavy atom. The Morgan fingerprint density at radius 1 is 1.53 bits per heavy atom. The highest BCUT2D eigenvalue weighted by molar-refractivity contribution is 7.99. The van der Waals surface area contributed by atoms with Gasteiger partial charge in [-0.1, -0.05) is 17.7 Å². The van der Waals surface area contributed by atoms with Gasteiger partial charge in [0.15, 0.2) is 0 Å². The predicted molar refractivity (Wildman–Crippen MR) is 71.9 cm³/mol. The molecule has 1 aromatic rings. The molecule has 0 unspecified atom stereocenters. The summed E-state index contributed by atoms with van der Waals surface area (Å²) in [7, 11) is 0. The summed E-state index contributed by atoms with van der Waals surface area (Å²) in [6.07, 6.45) is 1.90. The molecule has 0 amide bonds. The molecule has 0 radical (unpaired) electrons. The highest BCUT2D eigenvalue weighted by Crippen LogP contribution is 2.23. The van der Waals surface area contributed by atoms with Crippen LogP contribution in [0.1, 0.15) is 0 Å². The van der Waals surface area contributed by atoms with Crippen LogP contribution in [0.3, 0.4) is 0 Å². The summed E-state index contributed by atoms with van der Waals surface area (Å²) in [6.45, 7) is 4.56. The minimum Gasteiger partial charge on any atom is -0.399 e. The Labute approximate surface area is 99.9 Å². The van der Waals surface area contributed by atoms with Crippen molar-refractivity contribution in [3.05, 3.63) is 35.9 Å². The van der Waals surface area contributed by atoms with Crippen LogP contribution in [0.15, 0.2) is 30.9 Å². The third-order valence-corrected chi connectivity index (χ3v) is 3.07. The van der Waals surface area contributed by atoms with E-state index in [-0.39, 0.29) is 0 Å². The molecule has 0 fully saturated rings. The van der Waals surface area contributed by atoms with Gasteiger partial charge in [-0.05, 0) is 18.2 Å². The molecule has 0 saturated carbocycles. The topological polar surface area (TPSA) is 38.0 Å². The van der Waals surface area contributed by atoms with Gasteiger partial charge in [0.1, 0.15) is 0 Å². The number of hydrogen-bond donors (Lipinski definition) is 2. The maximum Gasteiger partial charge on any atom is 0.0657 e. The molecule has 0 aliphatic heterocycles. The van der Waals surface area contributed by atoms with E-state index in [4.69, 9.17) is 17.3 Å². The SMILES string of the molecule is C=CCSCCNc1ccc(N)cc1Cl. The zero-order valence-corrected chi connectivity index (χ0v) is 10.1. The monoisotopic (exact) mass is 242 g/mol. The molecule has 0 atom stereocenters. The number of nitrogens with one attached hydrogen (secondary N) is 1. The summed E-state index contributed by atoms with van der Waals surface area (Å²) >= 11 is 7.84. The van der Waals surface area contributed by atoms with Gasteiger partial charge in [-0.15, -0.1) is 6.58 Å². The zero-order valence-electron chi connectivity index (χ0n) is 8.50. The van der Waals surface area contributed by atoms with Gasteiger partial charge in [-0.3, -0.25) is 0 Å². The number of nitrogen functional groups attached to an aromatic ring is 1. The third kappa shape index (κ3) is 4.49. The molecule has 15 heavy (non-hydrogen) atoms. The lowest BCUT2D eigenvalue weighted by atomic mass is 10.3. The lowest BCUT2D eigenvalue weighted by molar-refractivity contribution is 1.23. The van der Waals surface area contributed by atoms with Crippen molar-refractivity contribution in [2.75, 3.05) is 29.1 Å². The molecule has 2 nitrogen and oxygen atoms in total. The van der Waals surface area contributed by atoms with E-state index in [0.717, 1.165) is 23.7 Å². The van der Waals surface area contributed by atoms with Crippen molar-refractivity contribution in [1.29, 1.82) is 0 Å². The van der Waals surface area contributed by atoms with Crippen LogP contribution in [-0.4, -0.2) is 18.1 Å². The van der Waals surface area contributed by atoms with E-state index in [0.29, 0.717) is 10.7 Å². The van der Waals surface area contributed by atoms with Crippen LogP contribution in [-0.2, 0) is 0 Å². The number of thioether (sulfide) groups is 1. The predicted octanol–water partition coefficient (Wildman–Crippen LogP) is 3.25. The van der Waals surface area contributed by atoms with E-state index in [9.17, 15) is 0 Å². The second kappa shape index (κ2) is 6.64. The van der Waals surface area contributed by atoms with Crippen molar-refractivity contribution < 1.29 is 0 Å². The fourth-order valence-corrected chi connectivity index (χ4v) is 1.93. The maximum atomic E-state index is 6.00. The van der Waals surface area contributed by atoms with Crippen LogP contribution in [0.4, 0.5) is 11.4 Å². The number of rotatable bonds is 6. The first-order valence-corrected chi connectivity index (χ1v) is 6.25. The molecule has 1 aromatic carbocycles. The normalized spacial score (nSPS) is 9.93. The average molecular weight is 243 g/mol. The minimum absolute atomic E-state index is 0.670. The molecule has 0 saturated heterocycles. The molecule has 0 heterocycles. The van der Waals surface area contributed by atoms with Crippen LogP contribution in [0.5, 0.6) is 0 Å². The van der Waals surface area contributed by atoms with E-state index in [1.54, 1.807) is 6.07 Å². The lowest BCUT2D eigenvalue weighted by Crippen LogP contribution is -2.04. The summed E-state index contributed by atoms with van der Waals surface area (Å²) in [5.74, 6) is 2.02. The Hall–Kier alpha value is -0.800. The largest absolute Gasteiger partial charge is 0.399 e. The van der Waals surface area contributed by atoms with E-state index >= 15 is 0 Å². The fraction of sp³-hybridized carbons (Fsp3) is 0.273. The Bertz CT molecular complexity index is 328. The van der Waals surface area contributed by atoms with Gasteiger partial charge in [-0.25, -0.2) is 0 Å². The Balaban J connectivity index is 2.34. The van der Waals surface area contributed by atoms with Gasteiger partial charge in [0.05, 0.1) is 10.7 Å². The molecule has 1 rings (SSSR count). The molecular formula is C11H15ClN2S. The number of nitrogens with two attached hydrogens (primary N) is 1. The van der Waals surface area contributed by atoms with Crippen LogP contribution in [0.2, 0.25) is 5.02 Å². The maximum absolute atomic E-state index is 6.00. The Morgan fingerprint density at radius 2 is 2.33 bits per heavy atom. The van der Waals surface area contributed by atoms with Crippen LogP contribution in [0.25, 0.3) is 0 Å². The minimum atomic E-state index is 0.670. The first-order valence-electron chi connectivity index (χ1n) is 4.71. The van der Waals surface area contributed by atoms with Crippen molar-refractivity contribution in [3.63, 3.8) is 0 Å². The quantitative estimate of drug-likeness (QED) is 0.457. The molecule has 0 spiro atoms. The van der Waals surface area contributed by atoms with Crippen molar-refractivity contribution in [2.24, 2.45) is 0 Å². The highest BCUT2D eigenvalue weighted by Gasteiger charge is 1.98. The number of anilines is 2. The van der Waals surface area contributed by atoms with E-state index < -0.39 is 0 Å². The van der Waals surface area contributed by atoms with Crippen molar-refractivity contribution in [2.45, 2.75) is 0 Å². The number of benzene rings is 1. The smallest absolute Gasteiger partial charge is 0.0657 e. The second-order valence-electron chi connectivity index (χ2n) is 3.03. The van der Waals surface area contributed by atoms with Gasteiger partial charge in [0.2, 0.25) is 0 Å². The first-order chi connectivity index (χ1) is 7.24. The van der Waals surface area contributed by atoms with E-state index in [2.05, 4.69) is 11.9 Å². The van der Waals surface area contributed by atoms with Crippen LogP contribution >= 0.6 is 23.4 Å². The van der Waals surface area contributed by atoms with E-state index in [1.807, 2.05) is 30.0 Å². The van der Waals surface area contributed by atoms with Crippen molar-refractivity contribution in [1.82, 2.24) is 0 Å². The molecular weight excluding hydrogens is 228 g/mol. The fourth-order valence-electron chi connectivity index (χ4n) is 1.10. The standard InChI is InChI=1S/C11H15ClN2S/c1-2-6-15-7-5-14-11-4-3-9(13)8-10(11)12/h2-4,8,14H,1,5-7,13H2. The first kappa shape index (κ1) is 12.3. The number of halogens is 1. The molecule has 3 N–H and O–H groups in total. The summed E-state index contributed by atoms with van der Waals surface area (Å²) in [4.78, 5) is 0. The van der Waals surface area contributed by atoms with Gasteiger partial charge in [0.25, 0.3) is 0 Å². The lowest BCUT2D eigenvalue weighted by Gasteiger charge is -2.08. The van der Waals surface area contributed by atoms with Crippen LogP contribution in [0, 0.1) is 0 Å². The molecule has 82 valence electrons. The Kier molecular flexibility index (Phi) is 5.43. The molecule has 0 aliphatic carbocycles. The summed E-state index contributed by atoms with van der Waals surface area (Å²) < 4.78 is 0.